The summed E-state index contributed by atoms with van der Waals surface area (Å²) < 4.78 is 5.08. The maximum Gasteiger partial charge on any atom is 0.270 e. The van der Waals surface area contributed by atoms with E-state index in [-0.39, 0.29) is 22.4 Å². The Kier molecular flexibility index (Phi) is 6.32. The number of amides is 1. The number of nitrogens with one attached hydrogen (secondary N) is 2. The SMILES string of the molecule is COc1ccc(NC(=O)CSc2nc(-c3ccc(C)cc3)c(C#N)c(=O)[nH]2)cc1. The number of benzene rings is 2. The van der Waals surface area contributed by atoms with Crippen molar-refractivity contribution in [2.75, 3.05) is 18.2 Å². The average molecular weight is 406 g/mol. The summed E-state index contributed by atoms with van der Waals surface area (Å²) in [7, 11) is 1.57. The van der Waals surface area contributed by atoms with Gasteiger partial charge in [0.2, 0.25) is 5.91 Å². The number of methoxy groups -OCH3 is 1. The standard InChI is InChI=1S/C21H18N4O3S/c1-13-3-5-14(6-4-13)19-17(11-22)20(27)25-21(24-19)29-12-18(26)23-15-7-9-16(28-2)10-8-15/h3-10H,12H2,1-2H3,(H,23,26)(H,24,25,27). The lowest BCUT2D eigenvalue weighted by Gasteiger charge is -2.08. The summed E-state index contributed by atoms with van der Waals surface area (Å²) in [5.74, 6) is 0.498. The van der Waals surface area contributed by atoms with Crippen molar-refractivity contribution in [3.05, 3.63) is 70.0 Å². The number of thioether (sulfide) groups is 1. The molecule has 0 unspecified atom stereocenters. The largest absolute Gasteiger partial charge is 0.497 e. The molecule has 0 saturated carbocycles. The molecule has 2 N–H and O–H groups in total. The summed E-state index contributed by atoms with van der Waals surface area (Å²) in [6, 6.07) is 16.3. The summed E-state index contributed by atoms with van der Waals surface area (Å²) in [5, 5.41) is 12.4. The van der Waals surface area contributed by atoms with Crippen molar-refractivity contribution in [2.24, 2.45) is 0 Å². The molecule has 0 aliphatic heterocycles. The molecule has 2 aromatic carbocycles. The van der Waals surface area contributed by atoms with Gasteiger partial charge in [0.25, 0.3) is 5.56 Å². The molecule has 1 amide bonds. The molecule has 1 heterocycles. The third kappa shape index (κ3) is 5.03. The highest BCUT2D eigenvalue weighted by atomic mass is 32.2. The fraction of sp³-hybridized carbons (Fsp3) is 0.143. The lowest BCUT2D eigenvalue weighted by atomic mass is 10.1. The van der Waals surface area contributed by atoms with Crippen molar-refractivity contribution < 1.29 is 9.53 Å². The van der Waals surface area contributed by atoms with Crippen molar-refractivity contribution in [3.8, 4) is 23.1 Å². The number of aromatic nitrogens is 2. The van der Waals surface area contributed by atoms with Crippen LogP contribution in [-0.2, 0) is 4.79 Å². The minimum Gasteiger partial charge on any atom is -0.497 e. The number of nitrogens with zero attached hydrogens (tertiary/aromatic N) is 2. The monoisotopic (exact) mass is 406 g/mol. The Morgan fingerprint density at radius 2 is 1.90 bits per heavy atom. The number of carbonyl (C=O) groups excluding carboxylic acids is 1. The van der Waals surface area contributed by atoms with E-state index in [1.165, 1.54) is 0 Å². The topological polar surface area (TPSA) is 108 Å². The number of aromatic amines is 1. The van der Waals surface area contributed by atoms with Crippen LogP contribution in [0.25, 0.3) is 11.3 Å². The summed E-state index contributed by atoms with van der Waals surface area (Å²) >= 11 is 1.09. The molecule has 8 heteroatoms. The molecule has 3 rings (SSSR count). The predicted octanol–water partition coefficient (Wildman–Crippen LogP) is 3.36. The van der Waals surface area contributed by atoms with Gasteiger partial charge >= 0.3 is 0 Å². The van der Waals surface area contributed by atoms with E-state index >= 15 is 0 Å². The van der Waals surface area contributed by atoms with Gasteiger partial charge in [-0.1, -0.05) is 41.6 Å². The fourth-order valence-electron chi connectivity index (χ4n) is 2.55. The first-order chi connectivity index (χ1) is 14.0. The highest BCUT2D eigenvalue weighted by Crippen LogP contribution is 2.23. The van der Waals surface area contributed by atoms with E-state index in [0.717, 1.165) is 17.3 Å². The Balaban J connectivity index is 1.75. The lowest BCUT2D eigenvalue weighted by molar-refractivity contribution is -0.113. The number of aryl methyl sites for hydroxylation is 1. The second-order valence-electron chi connectivity index (χ2n) is 6.14. The van der Waals surface area contributed by atoms with Gasteiger partial charge in [0.1, 0.15) is 17.4 Å². The van der Waals surface area contributed by atoms with E-state index in [9.17, 15) is 14.9 Å². The van der Waals surface area contributed by atoms with Crippen molar-refractivity contribution in [3.63, 3.8) is 0 Å². The third-order valence-electron chi connectivity index (χ3n) is 4.05. The van der Waals surface area contributed by atoms with Crippen LogP contribution in [0.3, 0.4) is 0 Å². The summed E-state index contributed by atoms with van der Waals surface area (Å²) in [4.78, 5) is 31.4. The lowest BCUT2D eigenvalue weighted by Crippen LogP contribution is -2.17. The summed E-state index contributed by atoms with van der Waals surface area (Å²) in [6.07, 6.45) is 0. The second kappa shape index (κ2) is 9.08. The maximum absolute atomic E-state index is 12.3. The Morgan fingerprint density at radius 1 is 1.21 bits per heavy atom. The number of rotatable bonds is 6. The zero-order valence-corrected chi connectivity index (χ0v) is 16.7. The van der Waals surface area contributed by atoms with Crippen LogP contribution in [0.2, 0.25) is 0 Å². The molecule has 0 saturated heterocycles. The predicted molar refractivity (Wildman–Crippen MR) is 112 cm³/mol. The average Bonchev–Trinajstić information content (AvgIpc) is 2.73. The van der Waals surface area contributed by atoms with Crippen LogP contribution >= 0.6 is 11.8 Å². The Morgan fingerprint density at radius 3 is 2.52 bits per heavy atom. The molecule has 0 aliphatic carbocycles. The molecule has 0 radical (unpaired) electrons. The van der Waals surface area contributed by atoms with Gasteiger partial charge in [-0.15, -0.1) is 0 Å². The number of ether oxygens (including phenoxy) is 1. The van der Waals surface area contributed by atoms with Gasteiger partial charge < -0.3 is 15.0 Å². The first kappa shape index (κ1) is 20.2. The van der Waals surface area contributed by atoms with Crippen LogP contribution < -0.4 is 15.6 Å². The van der Waals surface area contributed by atoms with Crippen LogP contribution in [-0.4, -0.2) is 28.7 Å². The quantitative estimate of drug-likeness (QED) is 0.480. The summed E-state index contributed by atoms with van der Waals surface area (Å²) in [6.45, 7) is 1.95. The van der Waals surface area contributed by atoms with Crippen LogP contribution in [0.5, 0.6) is 5.75 Å². The highest BCUT2D eigenvalue weighted by Gasteiger charge is 2.14. The smallest absolute Gasteiger partial charge is 0.270 e. The van der Waals surface area contributed by atoms with Gasteiger partial charge in [-0.2, -0.15) is 5.26 Å². The van der Waals surface area contributed by atoms with Gasteiger partial charge in [-0.25, -0.2) is 4.98 Å². The molecule has 146 valence electrons. The number of hydrogen-bond donors (Lipinski definition) is 2. The Hall–Kier alpha value is -3.57. The number of H-pyrrole nitrogens is 1. The maximum atomic E-state index is 12.3. The zero-order valence-electron chi connectivity index (χ0n) is 15.9. The van der Waals surface area contributed by atoms with Crippen LogP contribution in [0.15, 0.2) is 58.5 Å². The molecule has 29 heavy (non-hydrogen) atoms. The van der Waals surface area contributed by atoms with Gasteiger partial charge in [0, 0.05) is 11.3 Å². The molecule has 1 aromatic heterocycles. The molecule has 0 atom stereocenters. The molecular weight excluding hydrogens is 388 g/mol. The molecule has 3 aromatic rings. The minimum atomic E-state index is -0.531. The van der Waals surface area contributed by atoms with Gasteiger partial charge in [0.15, 0.2) is 5.16 Å². The van der Waals surface area contributed by atoms with E-state index in [0.29, 0.717) is 22.7 Å². The van der Waals surface area contributed by atoms with Crippen molar-refractivity contribution in [2.45, 2.75) is 12.1 Å². The molecular formula is C21H18N4O3S. The Labute approximate surface area is 171 Å². The molecule has 0 fully saturated rings. The number of hydrogen-bond acceptors (Lipinski definition) is 6. The van der Waals surface area contributed by atoms with E-state index in [1.54, 1.807) is 31.4 Å². The van der Waals surface area contributed by atoms with E-state index in [1.807, 2.05) is 37.3 Å². The second-order valence-corrected chi connectivity index (χ2v) is 7.10. The molecule has 0 aliphatic rings. The fourth-order valence-corrected chi connectivity index (χ4v) is 3.21. The molecule has 7 nitrogen and oxygen atoms in total. The highest BCUT2D eigenvalue weighted by molar-refractivity contribution is 7.99. The normalized spacial score (nSPS) is 10.2. The number of nitriles is 1. The first-order valence-corrected chi connectivity index (χ1v) is 9.67. The van der Waals surface area contributed by atoms with Crippen LogP contribution in [0.1, 0.15) is 11.1 Å². The van der Waals surface area contributed by atoms with Crippen LogP contribution in [0.4, 0.5) is 5.69 Å². The Bertz CT molecular complexity index is 1120. The van der Waals surface area contributed by atoms with Crippen molar-refractivity contribution in [1.82, 2.24) is 9.97 Å². The first-order valence-electron chi connectivity index (χ1n) is 8.68. The number of anilines is 1. The van der Waals surface area contributed by atoms with Crippen molar-refractivity contribution >= 4 is 23.4 Å². The van der Waals surface area contributed by atoms with E-state index in [4.69, 9.17) is 4.74 Å². The molecule has 0 bridgehead atoms. The zero-order chi connectivity index (χ0) is 20.8. The minimum absolute atomic E-state index is 0.0498. The van der Waals surface area contributed by atoms with E-state index in [2.05, 4.69) is 15.3 Å². The van der Waals surface area contributed by atoms with Crippen molar-refractivity contribution in [1.29, 1.82) is 5.26 Å². The van der Waals surface area contributed by atoms with Crippen LogP contribution in [0, 0.1) is 18.3 Å². The summed E-state index contributed by atoms with van der Waals surface area (Å²) in [5.41, 5.74) is 2.08. The van der Waals surface area contributed by atoms with Gasteiger partial charge in [-0.3, -0.25) is 9.59 Å². The van der Waals surface area contributed by atoms with E-state index < -0.39 is 5.56 Å². The third-order valence-corrected chi connectivity index (χ3v) is 4.92. The number of carbonyl (C=O) groups is 1. The van der Waals surface area contributed by atoms with Gasteiger partial charge in [-0.05, 0) is 31.2 Å². The molecule has 0 spiro atoms. The van der Waals surface area contributed by atoms with Gasteiger partial charge in [0.05, 0.1) is 18.6 Å².